The van der Waals surface area contributed by atoms with Gasteiger partial charge in [0.15, 0.2) is 0 Å². The number of ether oxygens (including phenoxy) is 2. The Morgan fingerprint density at radius 3 is 2.42 bits per heavy atom. The quantitative estimate of drug-likeness (QED) is 0.815. The second-order valence-electron chi connectivity index (χ2n) is 5.83. The smallest absolute Gasteiger partial charge is 0.408 e. The molecule has 1 saturated heterocycles. The molecule has 0 aromatic carbocycles. The maximum atomic E-state index is 11.6. The molecule has 0 aromatic heterocycles. The first-order chi connectivity index (χ1) is 8.78. The van der Waals surface area contributed by atoms with Crippen molar-refractivity contribution in [2.75, 3.05) is 13.2 Å². The van der Waals surface area contributed by atoms with Gasteiger partial charge in [0.1, 0.15) is 11.6 Å². The molecular formula is C13H23NO5. The van der Waals surface area contributed by atoms with Gasteiger partial charge in [0, 0.05) is 13.2 Å². The van der Waals surface area contributed by atoms with Gasteiger partial charge in [0.25, 0.3) is 0 Å². The van der Waals surface area contributed by atoms with Gasteiger partial charge >= 0.3 is 12.1 Å². The first-order valence-electron chi connectivity index (χ1n) is 6.58. The summed E-state index contributed by atoms with van der Waals surface area (Å²) in [6.45, 7) is 6.52. The lowest BCUT2D eigenvalue weighted by atomic mass is 9.92. The topological polar surface area (TPSA) is 84.9 Å². The summed E-state index contributed by atoms with van der Waals surface area (Å²) in [5, 5.41) is 11.6. The number of nitrogens with one attached hydrogen (secondary N) is 1. The van der Waals surface area contributed by atoms with Crippen molar-refractivity contribution in [3.05, 3.63) is 0 Å². The molecule has 0 aromatic rings. The van der Waals surface area contributed by atoms with Crippen LogP contribution >= 0.6 is 0 Å². The third-order valence-corrected chi connectivity index (χ3v) is 2.90. The Bertz CT molecular complexity index is 317. The van der Waals surface area contributed by atoms with Crippen LogP contribution in [0.3, 0.4) is 0 Å². The molecule has 1 heterocycles. The number of alkyl carbamates (subject to hydrolysis) is 1. The minimum absolute atomic E-state index is 0.268. The summed E-state index contributed by atoms with van der Waals surface area (Å²) in [5.41, 5.74) is -0.633. The van der Waals surface area contributed by atoms with Crippen LogP contribution in [0, 0.1) is 5.92 Å². The zero-order chi connectivity index (χ0) is 14.5. The van der Waals surface area contributed by atoms with E-state index in [1.807, 2.05) is 0 Å². The summed E-state index contributed by atoms with van der Waals surface area (Å²) in [6.07, 6.45) is 1.39. The van der Waals surface area contributed by atoms with Gasteiger partial charge in [-0.15, -0.1) is 0 Å². The Hall–Kier alpha value is -1.30. The minimum Gasteiger partial charge on any atom is -0.480 e. The maximum Gasteiger partial charge on any atom is 0.408 e. The Balaban J connectivity index is 2.48. The summed E-state index contributed by atoms with van der Waals surface area (Å²) >= 11 is 0. The van der Waals surface area contributed by atoms with Gasteiger partial charge in [0.05, 0.1) is 0 Å². The van der Waals surface area contributed by atoms with Crippen molar-refractivity contribution in [2.24, 2.45) is 5.92 Å². The molecule has 0 bridgehead atoms. The molecule has 6 heteroatoms. The number of carboxylic acid groups (broad SMARTS) is 1. The molecule has 6 nitrogen and oxygen atoms in total. The summed E-state index contributed by atoms with van der Waals surface area (Å²) in [4.78, 5) is 22.8. The van der Waals surface area contributed by atoms with E-state index in [2.05, 4.69) is 5.32 Å². The second-order valence-corrected chi connectivity index (χ2v) is 5.83. The zero-order valence-corrected chi connectivity index (χ0v) is 11.8. The summed E-state index contributed by atoms with van der Waals surface area (Å²) in [7, 11) is 0. The van der Waals surface area contributed by atoms with Crippen molar-refractivity contribution < 1.29 is 24.2 Å². The van der Waals surface area contributed by atoms with Crippen LogP contribution in [0.15, 0.2) is 0 Å². The van der Waals surface area contributed by atoms with Crippen molar-refractivity contribution in [3.8, 4) is 0 Å². The van der Waals surface area contributed by atoms with Crippen molar-refractivity contribution in [2.45, 2.75) is 51.7 Å². The summed E-state index contributed by atoms with van der Waals surface area (Å²) in [5.74, 6) is -0.762. The highest BCUT2D eigenvalue weighted by atomic mass is 16.6. The molecule has 0 radical (unpaired) electrons. The first-order valence-corrected chi connectivity index (χ1v) is 6.58. The highest BCUT2D eigenvalue weighted by Crippen LogP contribution is 2.20. The van der Waals surface area contributed by atoms with Gasteiger partial charge in [0.2, 0.25) is 0 Å². The molecule has 1 atom stereocenters. The SMILES string of the molecule is CC(C)(C)OC(=O)N[C@@H](CC1CCOCC1)C(=O)O. The number of aliphatic carboxylic acids is 1. The van der Waals surface area contributed by atoms with Gasteiger partial charge in [-0.1, -0.05) is 0 Å². The number of rotatable bonds is 4. The van der Waals surface area contributed by atoms with Crippen LogP contribution in [0.1, 0.15) is 40.0 Å². The third kappa shape index (κ3) is 6.42. The average Bonchev–Trinajstić information content (AvgIpc) is 2.26. The minimum atomic E-state index is -1.03. The number of hydrogen-bond donors (Lipinski definition) is 2. The Labute approximate surface area is 113 Å². The standard InChI is InChI=1S/C13H23NO5/c1-13(2,3)19-12(17)14-10(11(15)16)8-9-4-6-18-7-5-9/h9-10H,4-8H2,1-3H3,(H,14,17)(H,15,16)/t10-/m0/s1. The molecule has 2 N–H and O–H groups in total. The van der Waals surface area contributed by atoms with Gasteiger partial charge in [-0.3, -0.25) is 0 Å². The summed E-state index contributed by atoms with van der Waals surface area (Å²) in [6, 6.07) is -0.905. The fraction of sp³-hybridized carbons (Fsp3) is 0.846. The van der Waals surface area contributed by atoms with Crippen molar-refractivity contribution >= 4 is 12.1 Å². The monoisotopic (exact) mass is 273 g/mol. The molecule has 1 aliphatic heterocycles. The highest BCUT2D eigenvalue weighted by molar-refractivity contribution is 5.80. The Kier molecular flexibility index (Phi) is 5.60. The lowest BCUT2D eigenvalue weighted by Crippen LogP contribution is -2.44. The van der Waals surface area contributed by atoms with E-state index in [1.165, 1.54) is 0 Å². The lowest BCUT2D eigenvalue weighted by molar-refractivity contribution is -0.140. The van der Waals surface area contributed by atoms with Gasteiger partial charge < -0.3 is 19.9 Å². The molecule has 0 spiro atoms. The fourth-order valence-electron chi connectivity index (χ4n) is 1.99. The van der Waals surface area contributed by atoms with Crippen LogP contribution in [0.2, 0.25) is 0 Å². The van der Waals surface area contributed by atoms with E-state index in [4.69, 9.17) is 14.6 Å². The van der Waals surface area contributed by atoms with Crippen LogP contribution in [0.25, 0.3) is 0 Å². The maximum absolute atomic E-state index is 11.6. The Morgan fingerprint density at radius 1 is 1.37 bits per heavy atom. The van der Waals surface area contributed by atoms with E-state index >= 15 is 0 Å². The molecule has 0 unspecified atom stereocenters. The van der Waals surface area contributed by atoms with Crippen LogP contribution in [-0.4, -0.2) is 42.0 Å². The van der Waals surface area contributed by atoms with Crippen LogP contribution < -0.4 is 5.32 Å². The van der Waals surface area contributed by atoms with E-state index in [-0.39, 0.29) is 5.92 Å². The molecule has 1 amide bonds. The normalized spacial score (nSPS) is 18.7. The molecule has 0 aliphatic carbocycles. The predicted octanol–water partition coefficient (Wildman–Crippen LogP) is 1.78. The molecule has 19 heavy (non-hydrogen) atoms. The van der Waals surface area contributed by atoms with E-state index < -0.39 is 23.7 Å². The number of hydrogen-bond acceptors (Lipinski definition) is 4. The van der Waals surface area contributed by atoms with Crippen LogP contribution in [0.5, 0.6) is 0 Å². The fourth-order valence-corrected chi connectivity index (χ4v) is 1.99. The van der Waals surface area contributed by atoms with Crippen molar-refractivity contribution in [3.63, 3.8) is 0 Å². The van der Waals surface area contributed by atoms with Gasteiger partial charge in [-0.2, -0.15) is 0 Å². The van der Waals surface area contributed by atoms with E-state index in [0.29, 0.717) is 19.6 Å². The first kappa shape index (κ1) is 15.8. The van der Waals surface area contributed by atoms with E-state index in [9.17, 15) is 9.59 Å². The van der Waals surface area contributed by atoms with Gasteiger partial charge in [-0.25, -0.2) is 9.59 Å². The van der Waals surface area contributed by atoms with Crippen molar-refractivity contribution in [1.82, 2.24) is 5.32 Å². The largest absolute Gasteiger partial charge is 0.480 e. The predicted molar refractivity (Wildman–Crippen MR) is 69.0 cm³/mol. The van der Waals surface area contributed by atoms with E-state index in [1.54, 1.807) is 20.8 Å². The van der Waals surface area contributed by atoms with Crippen LogP contribution in [-0.2, 0) is 14.3 Å². The molecule has 1 aliphatic rings. The second kappa shape index (κ2) is 6.75. The zero-order valence-electron chi connectivity index (χ0n) is 11.8. The third-order valence-electron chi connectivity index (χ3n) is 2.90. The lowest BCUT2D eigenvalue weighted by Gasteiger charge is -2.26. The molecule has 1 rings (SSSR count). The number of carbonyl (C=O) groups excluding carboxylic acids is 1. The molecule has 1 fully saturated rings. The van der Waals surface area contributed by atoms with Crippen molar-refractivity contribution in [1.29, 1.82) is 0 Å². The summed E-state index contributed by atoms with van der Waals surface area (Å²) < 4.78 is 10.3. The van der Waals surface area contributed by atoms with Crippen LogP contribution in [0.4, 0.5) is 4.79 Å². The number of carbonyl (C=O) groups is 2. The Morgan fingerprint density at radius 2 is 1.95 bits per heavy atom. The highest BCUT2D eigenvalue weighted by Gasteiger charge is 2.27. The molecule has 110 valence electrons. The number of carboxylic acids is 1. The molecular weight excluding hydrogens is 250 g/mol. The van der Waals surface area contributed by atoms with E-state index in [0.717, 1.165) is 12.8 Å². The number of amides is 1. The van der Waals surface area contributed by atoms with Gasteiger partial charge in [-0.05, 0) is 46.0 Å². The average molecular weight is 273 g/mol. The molecule has 0 saturated carbocycles.